The summed E-state index contributed by atoms with van der Waals surface area (Å²) >= 11 is 7.82. The summed E-state index contributed by atoms with van der Waals surface area (Å²) in [6.45, 7) is 0. The van der Waals surface area contributed by atoms with Crippen LogP contribution in [0, 0.1) is 0 Å². The number of pyridine rings is 2. The number of rotatable bonds is 2. The minimum absolute atomic E-state index is 0.163. The van der Waals surface area contributed by atoms with Gasteiger partial charge in [-0.2, -0.15) is 4.98 Å². The molecule has 0 radical (unpaired) electrons. The SMILES string of the molecule is COc1cc(Cl)c2c(=O)cc(-c3csc4ccccc34)[nH]c2n1. The second kappa shape index (κ2) is 5.37. The zero-order valence-electron chi connectivity index (χ0n) is 12.1. The minimum Gasteiger partial charge on any atom is -0.481 e. The van der Waals surface area contributed by atoms with Crippen molar-refractivity contribution >= 4 is 44.1 Å². The van der Waals surface area contributed by atoms with Crippen LogP contribution in [-0.2, 0) is 0 Å². The molecule has 1 N–H and O–H groups in total. The number of hydrogen-bond donors (Lipinski definition) is 1. The maximum absolute atomic E-state index is 12.5. The van der Waals surface area contributed by atoms with E-state index < -0.39 is 0 Å². The molecule has 0 bridgehead atoms. The summed E-state index contributed by atoms with van der Waals surface area (Å²) in [4.78, 5) is 20.0. The van der Waals surface area contributed by atoms with E-state index in [2.05, 4.69) is 16.0 Å². The molecule has 0 amide bonds. The first-order chi connectivity index (χ1) is 11.2. The van der Waals surface area contributed by atoms with Gasteiger partial charge in [0.05, 0.1) is 23.2 Å². The number of aromatic amines is 1. The average Bonchev–Trinajstić information content (AvgIpc) is 2.98. The van der Waals surface area contributed by atoms with Gasteiger partial charge in [-0.1, -0.05) is 29.8 Å². The third kappa shape index (κ3) is 2.29. The van der Waals surface area contributed by atoms with Crippen LogP contribution < -0.4 is 10.2 Å². The predicted octanol–water partition coefficient (Wildman–Crippen LogP) is 4.47. The van der Waals surface area contributed by atoms with E-state index in [-0.39, 0.29) is 5.43 Å². The molecular formula is C17H11ClN2O2S. The fraction of sp³-hybridized carbons (Fsp3) is 0.0588. The Hall–Kier alpha value is -2.37. The van der Waals surface area contributed by atoms with Gasteiger partial charge in [0.25, 0.3) is 0 Å². The molecule has 0 saturated carbocycles. The average molecular weight is 343 g/mol. The standard InChI is InChI=1S/C17H11ClN2O2S/c1-22-15-6-11(18)16-13(21)7-12(19-17(16)20-15)10-8-23-14-5-3-2-4-9(10)14/h2-8H,1H3,(H,19,20,21). The van der Waals surface area contributed by atoms with Gasteiger partial charge < -0.3 is 9.72 Å². The molecule has 6 heteroatoms. The Balaban J connectivity index is 2.03. The highest BCUT2D eigenvalue weighted by molar-refractivity contribution is 7.17. The summed E-state index contributed by atoms with van der Waals surface area (Å²) in [6.07, 6.45) is 0. The Kier molecular flexibility index (Phi) is 3.32. The van der Waals surface area contributed by atoms with Crippen molar-refractivity contribution < 1.29 is 4.74 Å². The molecule has 3 heterocycles. The lowest BCUT2D eigenvalue weighted by molar-refractivity contribution is 0.399. The van der Waals surface area contributed by atoms with Crippen molar-refractivity contribution in [3.05, 3.63) is 57.0 Å². The van der Waals surface area contributed by atoms with Gasteiger partial charge in [-0.05, 0) is 6.07 Å². The Morgan fingerprint density at radius 2 is 2.09 bits per heavy atom. The lowest BCUT2D eigenvalue weighted by atomic mass is 10.1. The predicted molar refractivity (Wildman–Crippen MR) is 94.7 cm³/mol. The molecule has 4 aromatic rings. The van der Waals surface area contributed by atoms with E-state index in [4.69, 9.17) is 16.3 Å². The fourth-order valence-electron chi connectivity index (χ4n) is 2.62. The van der Waals surface area contributed by atoms with E-state index in [1.807, 2.05) is 23.6 Å². The smallest absolute Gasteiger partial charge is 0.216 e. The molecule has 0 saturated heterocycles. The lowest BCUT2D eigenvalue weighted by Gasteiger charge is -2.06. The molecule has 0 spiro atoms. The normalized spacial score (nSPS) is 11.2. The number of halogens is 1. The van der Waals surface area contributed by atoms with Crippen molar-refractivity contribution in [2.75, 3.05) is 7.11 Å². The van der Waals surface area contributed by atoms with E-state index in [9.17, 15) is 4.79 Å². The molecule has 0 aliphatic heterocycles. The number of thiophene rings is 1. The Morgan fingerprint density at radius 1 is 1.26 bits per heavy atom. The molecule has 3 aromatic heterocycles. The fourth-order valence-corrected chi connectivity index (χ4v) is 3.86. The van der Waals surface area contributed by atoms with Crippen molar-refractivity contribution in [1.29, 1.82) is 0 Å². The number of H-pyrrole nitrogens is 1. The first kappa shape index (κ1) is 14.2. The minimum atomic E-state index is -0.163. The lowest BCUT2D eigenvalue weighted by Crippen LogP contribution is -2.05. The van der Waals surface area contributed by atoms with Crippen molar-refractivity contribution in [3.63, 3.8) is 0 Å². The molecule has 0 unspecified atom stereocenters. The number of nitrogens with zero attached hydrogens (tertiary/aromatic N) is 1. The van der Waals surface area contributed by atoms with E-state index in [1.54, 1.807) is 23.5 Å². The molecular weight excluding hydrogens is 332 g/mol. The van der Waals surface area contributed by atoms with Crippen molar-refractivity contribution in [3.8, 4) is 17.1 Å². The zero-order chi connectivity index (χ0) is 16.0. The van der Waals surface area contributed by atoms with Crippen molar-refractivity contribution in [2.24, 2.45) is 0 Å². The van der Waals surface area contributed by atoms with Crippen LogP contribution in [-0.4, -0.2) is 17.1 Å². The number of aromatic nitrogens is 2. The van der Waals surface area contributed by atoms with Gasteiger partial charge in [-0.3, -0.25) is 4.79 Å². The largest absolute Gasteiger partial charge is 0.481 e. The molecule has 0 aliphatic carbocycles. The number of ether oxygens (including phenoxy) is 1. The number of nitrogens with one attached hydrogen (secondary N) is 1. The van der Waals surface area contributed by atoms with Crippen LogP contribution in [0.1, 0.15) is 0 Å². The van der Waals surface area contributed by atoms with Crippen molar-refractivity contribution in [2.45, 2.75) is 0 Å². The summed E-state index contributed by atoms with van der Waals surface area (Å²) in [5.41, 5.74) is 1.96. The first-order valence-electron chi connectivity index (χ1n) is 6.91. The first-order valence-corrected chi connectivity index (χ1v) is 8.17. The molecule has 0 aliphatic rings. The van der Waals surface area contributed by atoms with Gasteiger partial charge in [-0.15, -0.1) is 11.3 Å². The monoisotopic (exact) mass is 342 g/mol. The quantitative estimate of drug-likeness (QED) is 0.585. The highest BCUT2D eigenvalue weighted by atomic mass is 35.5. The molecule has 0 fully saturated rings. The molecule has 114 valence electrons. The Labute approximate surface area is 140 Å². The van der Waals surface area contributed by atoms with Gasteiger partial charge in [0, 0.05) is 33.2 Å². The van der Waals surface area contributed by atoms with Gasteiger partial charge in [0.2, 0.25) is 5.88 Å². The van der Waals surface area contributed by atoms with Crippen molar-refractivity contribution in [1.82, 2.24) is 9.97 Å². The van der Waals surface area contributed by atoms with Gasteiger partial charge in [-0.25, -0.2) is 0 Å². The highest BCUT2D eigenvalue weighted by Gasteiger charge is 2.13. The molecule has 4 nitrogen and oxygen atoms in total. The third-order valence-corrected chi connectivity index (χ3v) is 4.96. The van der Waals surface area contributed by atoms with Gasteiger partial charge in [0.15, 0.2) is 5.43 Å². The summed E-state index contributed by atoms with van der Waals surface area (Å²) < 4.78 is 6.30. The molecule has 4 rings (SSSR count). The molecule has 23 heavy (non-hydrogen) atoms. The summed E-state index contributed by atoms with van der Waals surface area (Å²) in [5, 5.41) is 3.83. The molecule has 0 atom stereocenters. The zero-order valence-corrected chi connectivity index (χ0v) is 13.7. The number of benzene rings is 1. The van der Waals surface area contributed by atoms with Crippen LogP contribution in [0.2, 0.25) is 5.02 Å². The van der Waals surface area contributed by atoms with Crippen LogP contribution in [0.5, 0.6) is 5.88 Å². The number of methoxy groups -OCH3 is 1. The van der Waals surface area contributed by atoms with Crippen LogP contribution in [0.4, 0.5) is 0 Å². The van der Waals surface area contributed by atoms with E-state index >= 15 is 0 Å². The van der Waals surface area contributed by atoms with Crippen LogP contribution in [0.15, 0.2) is 46.6 Å². The van der Waals surface area contributed by atoms with E-state index in [0.717, 1.165) is 16.6 Å². The highest BCUT2D eigenvalue weighted by Crippen LogP contribution is 2.33. The van der Waals surface area contributed by atoms with E-state index in [0.29, 0.717) is 21.9 Å². The topological polar surface area (TPSA) is 55.0 Å². The Bertz CT molecular complexity index is 1100. The summed E-state index contributed by atoms with van der Waals surface area (Å²) in [6, 6.07) is 11.2. The van der Waals surface area contributed by atoms with Gasteiger partial charge >= 0.3 is 0 Å². The van der Waals surface area contributed by atoms with Crippen LogP contribution in [0.25, 0.3) is 32.4 Å². The number of hydrogen-bond acceptors (Lipinski definition) is 4. The van der Waals surface area contributed by atoms with Crippen LogP contribution >= 0.6 is 22.9 Å². The Morgan fingerprint density at radius 3 is 2.91 bits per heavy atom. The maximum Gasteiger partial charge on any atom is 0.216 e. The van der Waals surface area contributed by atoms with Gasteiger partial charge in [0.1, 0.15) is 5.65 Å². The third-order valence-electron chi connectivity index (χ3n) is 3.70. The maximum atomic E-state index is 12.5. The van der Waals surface area contributed by atoms with E-state index in [1.165, 1.54) is 11.8 Å². The summed E-state index contributed by atoms with van der Waals surface area (Å²) in [5.74, 6) is 0.366. The summed E-state index contributed by atoms with van der Waals surface area (Å²) in [7, 11) is 1.51. The second-order valence-corrected chi connectivity index (χ2v) is 6.38. The number of fused-ring (bicyclic) bond motifs is 2. The van der Waals surface area contributed by atoms with Crippen LogP contribution in [0.3, 0.4) is 0 Å². The molecule has 1 aromatic carbocycles. The second-order valence-electron chi connectivity index (χ2n) is 5.06.